The first-order valence-electron chi connectivity index (χ1n) is 2.53. The molecular weight excluding hydrogens is 155 g/mol. The third kappa shape index (κ3) is 1.60. The Bertz CT molecular complexity index is 218. The molecule has 0 fully saturated rings. The maximum absolute atomic E-state index is 5.67. The molecule has 0 atom stereocenters. The first-order chi connectivity index (χ1) is 4.20. The molecule has 0 N–H and O–H groups in total. The minimum Gasteiger partial charge on any atom is -0.0843 e. The minimum absolute atomic E-state index is 0.638. The second kappa shape index (κ2) is 2.59. The van der Waals surface area contributed by atoms with Crippen molar-refractivity contribution in [2.24, 2.45) is 0 Å². The molecule has 0 aromatic heterocycles. The topological polar surface area (TPSA) is 0 Å². The van der Waals surface area contributed by atoms with E-state index in [-0.39, 0.29) is 0 Å². The average Bonchev–Trinajstić information content (AvgIpc) is 1.80. The van der Waals surface area contributed by atoms with E-state index >= 15 is 0 Å². The van der Waals surface area contributed by atoms with Gasteiger partial charge >= 0.3 is 0 Å². The van der Waals surface area contributed by atoms with E-state index in [1.807, 2.05) is 6.92 Å². The highest BCUT2D eigenvalue weighted by atomic mass is 35.5. The van der Waals surface area contributed by atoms with Crippen LogP contribution in [-0.4, -0.2) is 0 Å². The molecule has 0 saturated carbocycles. The zero-order chi connectivity index (χ0) is 6.85. The minimum atomic E-state index is 0.638. The number of rotatable bonds is 0. The van der Waals surface area contributed by atoms with E-state index in [2.05, 4.69) is 6.07 Å². The summed E-state index contributed by atoms with van der Waals surface area (Å²) < 4.78 is 0. The van der Waals surface area contributed by atoms with Gasteiger partial charge in [-0.25, -0.2) is 0 Å². The van der Waals surface area contributed by atoms with Crippen molar-refractivity contribution in [2.45, 2.75) is 6.92 Å². The fourth-order valence-electron chi connectivity index (χ4n) is 0.558. The molecule has 1 rings (SSSR count). The van der Waals surface area contributed by atoms with E-state index in [4.69, 9.17) is 23.2 Å². The Balaban J connectivity index is 3.17. The molecule has 1 aromatic carbocycles. The van der Waals surface area contributed by atoms with Gasteiger partial charge in [0, 0.05) is 11.1 Å². The number of hydrogen-bond acceptors (Lipinski definition) is 0. The van der Waals surface area contributed by atoms with Gasteiger partial charge in [0.25, 0.3) is 0 Å². The molecule has 0 heterocycles. The maximum atomic E-state index is 5.67. The third-order valence-electron chi connectivity index (χ3n) is 1.04. The molecule has 0 nitrogen and oxygen atoms in total. The summed E-state index contributed by atoms with van der Waals surface area (Å²) in [5.74, 6) is 0. The van der Waals surface area contributed by atoms with E-state index in [0.29, 0.717) is 10.0 Å². The number of benzene rings is 1. The van der Waals surface area contributed by atoms with Crippen LogP contribution in [0.25, 0.3) is 0 Å². The Hall–Kier alpha value is -0.200. The predicted octanol–water partition coefficient (Wildman–Crippen LogP) is 3.10. The van der Waals surface area contributed by atoms with Crippen molar-refractivity contribution in [1.82, 2.24) is 0 Å². The summed E-state index contributed by atoms with van der Waals surface area (Å²) >= 11 is 11.3. The van der Waals surface area contributed by atoms with E-state index in [1.165, 1.54) is 0 Å². The van der Waals surface area contributed by atoms with Crippen LogP contribution >= 0.6 is 23.2 Å². The number of halogens is 2. The lowest BCUT2D eigenvalue weighted by Gasteiger charge is -1.94. The molecule has 47 valence electrons. The van der Waals surface area contributed by atoms with Crippen molar-refractivity contribution < 1.29 is 0 Å². The van der Waals surface area contributed by atoms with Crippen LogP contribution in [0.3, 0.4) is 0 Å². The molecule has 0 aliphatic heterocycles. The Kier molecular flexibility index (Phi) is 1.99. The zero-order valence-corrected chi connectivity index (χ0v) is 6.42. The van der Waals surface area contributed by atoms with E-state index in [1.54, 1.807) is 12.1 Å². The Morgan fingerprint density at radius 3 is 2.56 bits per heavy atom. The highest BCUT2D eigenvalue weighted by Crippen LogP contribution is 2.18. The SMILES string of the molecule is Cc1cc(Cl)c[c]c1Cl. The van der Waals surface area contributed by atoms with Crippen LogP contribution < -0.4 is 0 Å². The fraction of sp³-hybridized carbons (Fsp3) is 0.143. The van der Waals surface area contributed by atoms with Gasteiger partial charge in [-0.05, 0) is 24.6 Å². The van der Waals surface area contributed by atoms with Gasteiger partial charge < -0.3 is 0 Å². The smallest absolute Gasteiger partial charge is 0.0515 e. The summed E-state index contributed by atoms with van der Waals surface area (Å²) in [6.45, 7) is 1.89. The number of aryl methyl sites for hydroxylation is 1. The van der Waals surface area contributed by atoms with Gasteiger partial charge in [0.2, 0.25) is 0 Å². The largest absolute Gasteiger partial charge is 0.0843 e. The van der Waals surface area contributed by atoms with Gasteiger partial charge in [-0.15, -0.1) is 0 Å². The molecule has 0 aliphatic rings. The average molecular weight is 160 g/mol. The van der Waals surface area contributed by atoms with Crippen LogP contribution in [0.4, 0.5) is 0 Å². The second-order valence-electron chi connectivity index (χ2n) is 1.81. The van der Waals surface area contributed by atoms with Crippen molar-refractivity contribution in [3.63, 3.8) is 0 Å². The highest BCUT2D eigenvalue weighted by molar-refractivity contribution is 6.33. The highest BCUT2D eigenvalue weighted by Gasteiger charge is 1.93. The molecule has 0 bridgehead atoms. The summed E-state index contributed by atoms with van der Waals surface area (Å²) in [7, 11) is 0. The van der Waals surface area contributed by atoms with Gasteiger partial charge in [0.1, 0.15) is 0 Å². The van der Waals surface area contributed by atoms with Crippen molar-refractivity contribution >= 4 is 23.2 Å². The molecule has 0 saturated heterocycles. The van der Waals surface area contributed by atoms with Crippen molar-refractivity contribution in [2.75, 3.05) is 0 Å². The molecular formula is C7H5Cl2. The van der Waals surface area contributed by atoms with Crippen LogP contribution in [0.5, 0.6) is 0 Å². The summed E-state index contributed by atoms with van der Waals surface area (Å²) in [5, 5.41) is 1.32. The summed E-state index contributed by atoms with van der Waals surface area (Å²) in [6, 6.07) is 6.26. The van der Waals surface area contributed by atoms with E-state index in [9.17, 15) is 0 Å². The summed E-state index contributed by atoms with van der Waals surface area (Å²) in [6.07, 6.45) is 0. The summed E-state index contributed by atoms with van der Waals surface area (Å²) in [4.78, 5) is 0. The second-order valence-corrected chi connectivity index (χ2v) is 2.63. The fourth-order valence-corrected chi connectivity index (χ4v) is 0.885. The van der Waals surface area contributed by atoms with Crippen LogP contribution in [0.15, 0.2) is 12.1 Å². The molecule has 0 spiro atoms. The Morgan fingerprint density at radius 1 is 1.44 bits per heavy atom. The molecule has 2 heteroatoms. The first-order valence-corrected chi connectivity index (χ1v) is 3.29. The lowest BCUT2D eigenvalue weighted by molar-refractivity contribution is 1.47. The molecule has 0 unspecified atom stereocenters. The van der Waals surface area contributed by atoms with Crippen molar-refractivity contribution in [3.8, 4) is 0 Å². The Morgan fingerprint density at radius 2 is 2.11 bits per heavy atom. The molecule has 0 amide bonds. The van der Waals surface area contributed by atoms with Crippen molar-refractivity contribution in [1.29, 1.82) is 0 Å². The van der Waals surface area contributed by atoms with Crippen LogP contribution in [0.2, 0.25) is 10.0 Å². The van der Waals surface area contributed by atoms with Crippen molar-refractivity contribution in [3.05, 3.63) is 33.8 Å². The zero-order valence-electron chi connectivity index (χ0n) is 4.91. The van der Waals surface area contributed by atoms with Gasteiger partial charge in [-0.3, -0.25) is 0 Å². The molecule has 9 heavy (non-hydrogen) atoms. The first kappa shape index (κ1) is 6.91. The molecule has 1 radical (unpaired) electrons. The quantitative estimate of drug-likeness (QED) is 0.546. The molecule has 0 aliphatic carbocycles. The lowest BCUT2D eigenvalue weighted by Crippen LogP contribution is -1.72. The van der Waals surface area contributed by atoms with Crippen LogP contribution in [0, 0.1) is 13.0 Å². The standard InChI is InChI=1S/C7H5Cl2/c1-5-4-6(8)2-3-7(5)9/h2,4H,1H3. The van der Waals surface area contributed by atoms with Gasteiger partial charge in [-0.1, -0.05) is 23.2 Å². The number of hydrogen-bond donors (Lipinski definition) is 0. The van der Waals surface area contributed by atoms with Crippen LogP contribution in [-0.2, 0) is 0 Å². The van der Waals surface area contributed by atoms with Gasteiger partial charge in [0.15, 0.2) is 0 Å². The third-order valence-corrected chi connectivity index (χ3v) is 1.66. The molecule has 1 aromatic rings. The lowest BCUT2D eigenvalue weighted by atomic mass is 10.2. The van der Waals surface area contributed by atoms with E-state index < -0.39 is 0 Å². The maximum Gasteiger partial charge on any atom is 0.0515 e. The van der Waals surface area contributed by atoms with Gasteiger partial charge in [0.05, 0.1) is 5.02 Å². The Labute approximate surface area is 64.4 Å². The normalized spacial score (nSPS) is 9.67. The predicted molar refractivity (Wildman–Crippen MR) is 40.0 cm³/mol. The van der Waals surface area contributed by atoms with E-state index in [0.717, 1.165) is 5.56 Å². The summed E-state index contributed by atoms with van der Waals surface area (Å²) in [5.41, 5.74) is 0.962. The van der Waals surface area contributed by atoms with Crippen LogP contribution in [0.1, 0.15) is 5.56 Å². The monoisotopic (exact) mass is 159 g/mol. The van der Waals surface area contributed by atoms with Gasteiger partial charge in [-0.2, -0.15) is 0 Å².